The summed E-state index contributed by atoms with van der Waals surface area (Å²) in [5.74, 6) is -0.427. The summed E-state index contributed by atoms with van der Waals surface area (Å²) in [7, 11) is 0. The maximum absolute atomic E-state index is 13.1. The van der Waals surface area contributed by atoms with Gasteiger partial charge in [0.2, 0.25) is 0 Å². The molecule has 0 atom stereocenters. The average molecular weight is 395 g/mol. The van der Waals surface area contributed by atoms with E-state index >= 15 is 0 Å². The van der Waals surface area contributed by atoms with E-state index in [-0.39, 0.29) is 23.2 Å². The minimum Gasteiger partial charge on any atom is -0.382 e. The van der Waals surface area contributed by atoms with Gasteiger partial charge < -0.3 is 14.6 Å². The molecule has 0 saturated heterocycles. The van der Waals surface area contributed by atoms with Crippen LogP contribution in [0.3, 0.4) is 0 Å². The van der Waals surface area contributed by atoms with E-state index in [4.69, 9.17) is 10.1 Å². The van der Waals surface area contributed by atoms with E-state index in [1.54, 1.807) is 22.9 Å². The van der Waals surface area contributed by atoms with Crippen LogP contribution in [0.2, 0.25) is 0 Å². The first-order valence-corrected chi connectivity index (χ1v) is 9.56. The number of carbonyl (C=O) groups excluding carboxylic acids is 1. The average Bonchev–Trinajstić information content (AvgIpc) is 2.71. The van der Waals surface area contributed by atoms with Crippen molar-refractivity contribution in [3.05, 3.63) is 64.0 Å². The monoisotopic (exact) mass is 395 g/mol. The summed E-state index contributed by atoms with van der Waals surface area (Å²) in [5, 5.41) is 11.6. The molecule has 152 valence electrons. The molecule has 0 saturated carbocycles. The van der Waals surface area contributed by atoms with Crippen LogP contribution < -0.4 is 16.4 Å². The fourth-order valence-corrected chi connectivity index (χ4v) is 3.22. The summed E-state index contributed by atoms with van der Waals surface area (Å²) in [6.45, 7) is 9.19. The largest absolute Gasteiger partial charge is 0.382 e. The van der Waals surface area contributed by atoms with E-state index in [0.717, 1.165) is 5.56 Å². The van der Waals surface area contributed by atoms with Gasteiger partial charge in [-0.1, -0.05) is 12.1 Å². The maximum Gasteiger partial charge on any atom is 0.267 e. The number of nitrogens with one attached hydrogen (secondary N) is 2. The number of aryl methyl sites for hydroxylation is 2. The molecule has 3 rings (SSSR count). The Bertz CT molecular complexity index is 1190. The summed E-state index contributed by atoms with van der Waals surface area (Å²) in [5.41, 5.74) is 1.65. The number of pyridine rings is 2. The molecule has 0 aliphatic carbocycles. The molecule has 2 N–H and O–H groups in total. The molecule has 3 heterocycles. The molecule has 8 heteroatoms. The van der Waals surface area contributed by atoms with E-state index in [1.807, 2.05) is 19.9 Å². The van der Waals surface area contributed by atoms with Crippen molar-refractivity contribution in [3.63, 3.8) is 0 Å². The Labute approximate surface area is 168 Å². The van der Waals surface area contributed by atoms with Crippen LogP contribution in [0.5, 0.6) is 0 Å². The smallest absolute Gasteiger partial charge is 0.267 e. The normalized spacial score (nSPS) is 11.1. The number of fused-ring (bicyclic) bond motifs is 2. The molecule has 29 heavy (non-hydrogen) atoms. The van der Waals surface area contributed by atoms with Crippen molar-refractivity contribution >= 4 is 22.6 Å². The van der Waals surface area contributed by atoms with Crippen molar-refractivity contribution < 1.29 is 9.53 Å². The number of ether oxygens (including phenoxy) is 1. The third kappa shape index (κ3) is 3.97. The quantitative estimate of drug-likeness (QED) is 0.345. The third-order valence-electron chi connectivity index (χ3n) is 4.66. The highest BCUT2D eigenvalue weighted by Crippen LogP contribution is 2.13. The topological polar surface area (TPSA) is 101 Å². The molecule has 0 aliphatic heterocycles. The zero-order valence-corrected chi connectivity index (χ0v) is 16.7. The Balaban J connectivity index is 2.27. The van der Waals surface area contributed by atoms with Crippen molar-refractivity contribution in [2.75, 3.05) is 19.8 Å². The highest BCUT2D eigenvalue weighted by atomic mass is 16.5. The molecule has 8 nitrogen and oxygen atoms in total. The molecule has 0 aliphatic rings. The first-order valence-electron chi connectivity index (χ1n) is 9.56. The summed E-state index contributed by atoms with van der Waals surface area (Å²) in [6.07, 6.45) is 3.85. The van der Waals surface area contributed by atoms with Gasteiger partial charge in [-0.2, -0.15) is 0 Å². The molecule has 0 fully saturated rings. The molecule has 0 spiro atoms. The molecule has 3 aromatic heterocycles. The number of nitrogens with zero attached hydrogens (tertiary/aromatic N) is 3. The highest BCUT2D eigenvalue weighted by molar-refractivity contribution is 5.96. The van der Waals surface area contributed by atoms with Crippen molar-refractivity contribution in [1.82, 2.24) is 19.3 Å². The number of hydrogen-bond donors (Lipinski definition) is 2. The maximum atomic E-state index is 13.1. The van der Waals surface area contributed by atoms with Crippen molar-refractivity contribution in [2.45, 2.75) is 26.8 Å². The van der Waals surface area contributed by atoms with Gasteiger partial charge >= 0.3 is 0 Å². The summed E-state index contributed by atoms with van der Waals surface area (Å²) in [6, 6.07) is 5.12. The van der Waals surface area contributed by atoms with Gasteiger partial charge in [0.25, 0.3) is 11.5 Å². The van der Waals surface area contributed by atoms with Crippen molar-refractivity contribution in [2.24, 2.45) is 0 Å². The first kappa shape index (κ1) is 20.5. The molecule has 1 amide bonds. The summed E-state index contributed by atoms with van der Waals surface area (Å²) in [4.78, 5) is 30.4. The third-order valence-corrected chi connectivity index (χ3v) is 4.66. The number of amides is 1. The van der Waals surface area contributed by atoms with Gasteiger partial charge in [0.1, 0.15) is 16.8 Å². The van der Waals surface area contributed by atoms with Gasteiger partial charge in [0.05, 0.1) is 10.9 Å². The number of carbonyl (C=O) groups is 1. The molecule has 0 radical (unpaired) electrons. The lowest BCUT2D eigenvalue weighted by Crippen LogP contribution is -2.35. The Morgan fingerprint density at radius 2 is 2.21 bits per heavy atom. The van der Waals surface area contributed by atoms with Gasteiger partial charge in [0.15, 0.2) is 0 Å². The van der Waals surface area contributed by atoms with Crippen LogP contribution in [0, 0.1) is 12.3 Å². The SMILES string of the molecule is C=CCNC(=O)c1cc2c(=O)n3cccc(C)c3nc2n(CCCOCC)c1=N. The fourth-order valence-electron chi connectivity index (χ4n) is 3.22. The van der Waals surface area contributed by atoms with E-state index < -0.39 is 5.91 Å². The zero-order valence-electron chi connectivity index (χ0n) is 16.7. The molecule has 0 unspecified atom stereocenters. The van der Waals surface area contributed by atoms with Crippen molar-refractivity contribution in [3.8, 4) is 0 Å². The Morgan fingerprint density at radius 3 is 2.93 bits per heavy atom. The predicted molar refractivity (Wildman–Crippen MR) is 111 cm³/mol. The van der Waals surface area contributed by atoms with Gasteiger partial charge in [-0.3, -0.25) is 19.4 Å². The molecule has 0 aromatic carbocycles. The Morgan fingerprint density at radius 1 is 1.41 bits per heavy atom. The minimum atomic E-state index is -0.427. The van der Waals surface area contributed by atoms with Gasteiger partial charge in [-0.15, -0.1) is 6.58 Å². The van der Waals surface area contributed by atoms with Gasteiger partial charge in [-0.25, -0.2) is 4.98 Å². The number of aromatic nitrogens is 3. The van der Waals surface area contributed by atoms with E-state index in [1.165, 1.54) is 10.5 Å². The Hall–Kier alpha value is -3.26. The number of hydrogen-bond acceptors (Lipinski definition) is 5. The second-order valence-electron chi connectivity index (χ2n) is 6.65. The minimum absolute atomic E-state index is 0.0143. The van der Waals surface area contributed by atoms with E-state index in [9.17, 15) is 9.59 Å². The zero-order chi connectivity index (χ0) is 21.0. The van der Waals surface area contributed by atoms with E-state index in [0.29, 0.717) is 42.9 Å². The second-order valence-corrected chi connectivity index (χ2v) is 6.65. The highest BCUT2D eigenvalue weighted by Gasteiger charge is 2.17. The second kappa shape index (κ2) is 8.83. The fraction of sp³-hybridized carbons (Fsp3) is 0.333. The van der Waals surface area contributed by atoms with Crippen LogP contribution >= 0.6 is 0 Å². The lowest BCUT2D eigenvalue weighted by Gasteiger charge is -2.15. The lowest BCUT2D eigenvalue weighted by molar-refractivity contribution is 0.0955. The molecule has 3 aromatic rings. The first-order chi connectivity index (χ1) is 14.0. The van der Waals surface area contributed by atoms with Gasteiger partial charge in [-0.05, 0) is 38.0 Å². The Kier molecular flexibility index (Phi) is 6.23. The summed E-state index contributed by atoms with van der Waals surface area (Å²) < 4.78 is 8.49. The molecular weight excluding hydrogens is 370 g/mol. The van der Waals surface area contributed by atoms with Crippen molar-refractivity contribution in [1.29, 1.82) is 5.41 Å². The van der Waals surface area contributed by atoms with Gasteiger partial charge in [0, 0.05) is 32.5 Å². The van der Waals surface area contributed by atoms with Crippen LogP contribution in [0.15, 0.2) is 41.8 Å². The van der Waals surface area contributed by atoms with E-state index in [2.05, 4.69) is 16.9 Å². The van der Waals surface area contributed by atoms with Crippen LogP contribution in [-0.4, -0.2) is 39.6 Å². The van der Waals surface area contributed by atoms with Crippen LogP contribution in [0.4, 0.5) is 0 Å². The van der Waals surface area contributed by atoms with Crippen LogP contribution in [-0.2, 0) is 11.3 Å². The molecular formula is C21H25N5O3. The lowest BCUT2D eigenvalue weighted by atomic mass is 10.2. The standard InChI is InChI=1S/C21H25N5O3/c1-4-9-23-20(27)15-13-16-19(25(17(15)22)11-7-12-29-5-2)24-18-14(3)8-6-10-26(18)21(16)28/h4,6,8,10,13,22H,1,5,7,9,11-12H2,2-3H3,(H,23,27). The van der Waals surface area contributed by atoms with Crippen LogP contribution in [0.1, 0.15) is 29.3 Å². The number of rotatable bonds is 8. The molecule has 0 bridgehead atoms. The predicted octanol–water partition coefficient (Wildman–Crippen LogP) is 1.78. The van der Waals surface area contributed by atoms with Crippen LogP contribution in [0.25, 0.3) is 16.7 Å². The summed E-state index contributed by atoms with van der Waals surface area (Å²) >= 11 is 0.